The molecule has 2 aromatic carbocycles. The molecule has 1 aliphatic rings. The van der Waals surface area contributed by atoms with Gasteiger partial charge >= 0.3 is 0 Å². The van der Waals surface area contributed by atoms with Crippen LogP contribution in [0.3, 0.4) is 0 Å². The molecule has 0 bridgehead atoms. The van der Waals surface area contributed by atoms with Crippen LogP contribution in [0.5, 0.6) is 5.75 Å². The zero-order valence-corrected chi connectivity index (χ0v) is 18.3. The number of sulfone groups is 1. The first-order valence-corrected chi connectivity index (χ1v) is 10.9. The van der Waals surface area contributed by atoms with Crippen LogP contribution in [0, 0.1) is 17.8 Å². The predicted octanol–water partition coefficient (Wildman–Crippen LogP) is 5.89. The number of allylic oxidation sites excluding steroid dienone is 1. The summed E-state index contributed by atoms with van der Waals surface area (Å²) in [4.78, 5) is -0.313. The van der Waals surface area contributed by atoms with Crippen LogP contribution in [0.4, 0.5) is 8.78 Å². The van der Waals surface area contributed by atoms with Gasteiger partial charge < -0.3 is 4.74 Å². The van der Waals surface area contributed by atoms with Crippen molar-refractivity contribution in [2.24, 2.45) is 10.8 Å². The summed E-state index contributed by atoms with van der Waals surface area (Å²) in [7, 11) is -2.68. The largest absolute Gasteiger partial charge is 0.497 e. The standard InChI is InChI=1S/C23H26F2O3S/c1-15-7-13-18(14-8-15)29(26,27)19(16-9-11-17(28-6)12-10-16)20-22(5,21(2,3)4)23(20,24)25/h7-14H,1-6H3/b20-19+. The van der Waals surface area contributed by atoms with Gasteiger partial charge in [-0.2, -0.15) is 0 Å². The van der Waals surface area contributed by atoms with Gasteiger partial charge in [-0.3, -0.25) is 0 Å². The van der Waals surface area contributed by atoms with Gasteiger partial charge in [0.15, 0.2) is 0 Å². The summed E-state index contributed by atoms with van der Waals surface area (Å²) in [5, 5.41) is 0. The second-order valence-electron chi connectivity index (χ2n) is 8.70. The second kappa shape index (κ2) is 6.66. The molecule has 3 nitrogen and oxygen atoms in total. The summed E-state index contributed by atoms with van der Waals surface area (Å²) in [6, 6.07) is 12.4. The van der Waals surface area contributed by atoms with Gasteiger partial charge in [0.1, 0.15) is 5.75 Å². The number of rotatable bonds is 4. The van der Waals surface area contributed by atoms with Gasteiger partial charge in [0.2, 0.25) is 9.84 Å². The maximum Gasteiger partial charge on any atom is 0.281 e. The molecule has 6 heteroatoms. The molecule has 1 aliphatic carbocycles. The lowest BCUT2D eigenvalue weighted by molar-refractivity contribution is 0.0254. The number of alkyl halides is 2. The molecule has 29 heavy (non-hydrogen) atoms. The van der Waals surface area contributed by atoms with Crippen LogP contribution in [-0.2, 0) is 9.84 Å². The third kappa shape index (κ3) is 3.18. The number of halogens is 2. The smallest absolute Gasteiger partial charge is 0.281 e. The molecule has 0 aromatic heterocycles. The molecule has 0 radical (unpaired) electrons. The fourth-order valence-corrected chi connectivity index (χ4v) is 5.46. The summed E-state index contributed by atoms with van der Waals surface area (Å²) in [5.74, 6) is -2.70. The van der Waals surface area contributed by atoms with Crippen LogP contribution in [0.15, 0.2) is 59.0 Å². The topological polar surface area (TPSA) is 43.4 Å². The van der Waals surface area contributed by atoms with Gasteiger partial charge in [0.25, 0.3) is 5.92 Å². The minimum atomic E-state index is -4.17. The van der Waals surface area contributed by atoms with E-state index in [9.17, 15) is 8.42 Å². The molecule has 0 heterocycles. The predicted molar refractivity (Wildman–Crippen MR) is 111 cm³/mol. The molecule has 1 unspecified atom stereocenters. The highest BCUT2D eigenvalue weighted by Gasteiger charge is 2.79. The minimum Gasteiger partial charge on any atom is -0.497 e. The molecule has 3 rings (SSSR count). The quantitative estimate of drug-likeness (QED) is 0.619. The highest BCUT2D eigenvalue weighted by molar-refractivity contribution is 8.00. The molecule has 1 fully saturated rings. The summed E-state index contributed by atoms with van der Waals surface area (Å²) in [6.45, 7) is 8.40. The minimum absolute atomic E-state index is 0.000349. The van der Waals surface area contributed by atoms with E-state index in [1.165, 1.54) is 38.3 Å². The van der Waals surface area contributed by atoms with Crippen LogP contribution < -0.4 is 4.74 Å². The Balaban J connectivity index is 2.34. The highest BCUT2D eigenvalue weighted by Crippen LogP contribution is 2.75. The number of hydrogen-bond acceptors (Lipinski definition) is 3. The maximum absolute atomic E-state index is 15.2. The molecule has 0 amide bonds. The Bertz CT molecular complexity index is 1060. The highest BCUT2D eigenvalue weighted by atomic mass is 32.2. The molecule has 0 N–H and O–H groups in total. The molecule has 2 aromatic rings. The van der Waals surface area contributed by atoms with Crippen molar-refractivity contribution in [1.82, 2.24) is 0 Å². The van der Waals surface area contributed by atoms with Gasteiger partial charge in [-0.25, -0.2) is 17.2 Å². The van der Waals surface area contributed by atoms with Crippen LogP contribution in [-0.4, -0.2) is 21.5 Å². The lowest BCUT2D eigenvalue weighted by atomic mass is 9.77. The van der Waals surface area contributed by atoms with E-state index in [2.05, 4.69) is 0 Å². The normalized spacial score (nSPS) is 22.9. The average Bonchev–Trinajstić information content (AvgIpc) is 3.10. The number of ether oxygens (including phenoxy) is 1. The van der Waals surface area contributed by atoms with Gasteiger partial charge in [-0.15, -0.1) is 0 Å². The summed E-state index contributed by atoms with van der Waals surface area (Å²) in [6.07, 6.45) is 0. The molecular formula is C23H26F2O3S. The molecule has 0 spiro atoms. The second-order valence-corrected chi connectivity index (χ2v) is 10.6. The Hall–Kier alpha value is -2.21. The fourth-order valence-electron chi connectivity index (χ4n) is 3.68. The molecule has 0 aliphatic heterocycles. The zero-order valence-electron chi connectivity index (χ0n) is 17.5. The van der Waals surface area contributed by atoms with E-state index in [1.807, 2.05) is 6.92 Å². The van der Waals surface area contributed by atoms with E-state index in [-0.39, 0.29) is 20.9 Å². The number of hydrogen-bond donors (Lipinski definition) is 0. The van der Waals surface area contributed by atoms with Crippen molar-refractivity contribution in [1.29, 1.82) is 0 Å². The lowest BCUT2D eigenvalue weighted by Crippen LogP contribution is -2.24. The van der Waals surface area contributed by atoms with Gasteiger partial charge in [0.05, 0.1) is 22.3 Å². The Morgan fingerprint density at radius 2 is 1.48 bits per heavy atom. The van der Waals surface area contributed by atoms with E-state index >= 15 is 8.78 Å². The zero-order chi connectivity index (χ0) is 21.8. The number of methoxy groups -OCH3 is 1. The van der Waals surface area contributed by atoms with E-state index in [0.717, 1.165) is 5.56 Å². The van der Waals surface area contributed by atoms with Crippen molar-refractivity contribution in [2.75, 3.05) is 7.11 Å². The van der Waals surface area contributed by atoms with E-state index in [1.54, 1.807) is 45.0 Å². The van der Waals surface area contributed by atoms with Crippen molar-refractivity contribution >= 4 is 14.7 Å². The van der Waals surface area contributed by atoms with Crippen molar-refractivity contribution in [2.45, 2.75) is 45.4 Å². The van der Waals surface area contributed by atoms with E-state index in [4.69, 9.17) is 4.74 Å². The van der Waals surface area contributed by atoms with Gasteiger partial charge in [0, 0.05) is 5.57 Å². The maximum atomic E-state index is 15.2. The monoisotopic (exact) mass is 420 g/mol. The van der Waals surface area contributed by atoms with Gasteiger partial charge in [-0.1, -0.05) is 38.5 Å². The first kappa shape index (κ1) is 21.5. The van der Waals surface area contributed by atoms with Crippen molar-refractivity contribution in [3.63, 3.8) is 0 Å². The van der Waals surface area contributed by atoms with Crippen LogP contribution in [0.1, 0.15) is 38.8 Å². The Labute approximate surface area is 171 Å². The molecule has 1 atom stereocenters. The summed E-state index contributed by atoms with van der Waals surface area (Å²) in [5.41, 5.74) is -1.60. The fraction of sp³-hybridized carbons (Fsp3) is 0.391. The van der Waals surface area contributed by atoms with Gasteiger partial charge in [-0.05, 0) is 61.2 Å². The van der Waals surface area contributed by atoms with Crippen LogP contribution in [0.2, 0.25) is 0 Å². The first-order chi connectivity index (χ1) is 13.3. The van der Waals surface area contributed by atoms with Crippen molar-refractivity contribution in [3.05, 3.63) is 65.2 Å². The molecule has 1 saturated carbocycles. The molecule has 0 saturated heterocycles. The summed E-state index contributed by atoms with van der Waals surface area (Å²) < 4.78 is 62.6. The molecular weight excluding hydrogens is 394 g/mol. The Kier molecular flexibility index (Phi) is 4.94. The van der Waals surface area contributed by atoms with E-state index in [0.29, 0.717) is 5.75 Å². The first-order valence-electron chi connectivity index (χ1n) is 9.37. The third-order valence-electron chi connectivity index (χ3n) is 6.06. The van der Waals surface area contributed by atoms with Crippen LogP contribution >= 0.6 is 0 Å². The van der Waals surface area contributed by atoms with Crippen molar-refractivity contribution in [3.8, 4) is 5.75 Å². The SMILES string of the molecule is COc1ccc(/C(=C2\C(F)(F)C2(C)C(C)(C)C)S(=O)(=O)c2ccc(C)cc2)cc1. The van der Waals surface area contributed by atoms with E-state index < -0.39 is 26.6 Å². The number of benzene rings is 2. The molecule has 156 valence electrons. The number of aryl methyl sites for hydroxylation is 1. The lowest BCUT2D eigenvalue weighted by Gasteiger charge is -2.26. The van der Waals surface area contributed by atoms with Crippen molar-refractivity contribution < 1.29 is 21.9 Å². The Morgan fingerprint density at radius 3 is 1.90 bits per heavy atom. The van der Waals surface area contributed by atoms with Crippen LogP contribution in [0.25, 0.3) is 4.91 Å². The Morgan fingerprint density at radius 1 is 0.966 bits per heavy atom. The summed E-state index contributed by atoms with van der Waals surface area (Å²) >= 11 is 0. The third-order valence-corrected chi connectivity index (χ3v) is 7.93. The average molecular weight is 421 g/mol.